The van der Waals surface area contributed by atoms with Gasteiger partial charge in [0.05, 0.1) is 19.3 Å². The molecule has 1 heterocycles. The molecule has 0 aromatic heterocycles. The Bertz CT molecular complexity index is 463. The van der Waals surface area contributed by atoms with Gasteiger partial charge in [0.2, 0.25) is 0 Å². The number of benzene rings is 1. The molecule has 0 aliphatic carbocycles. The van der Waals surface area contributed by atoms with Gasteiger partial charge in [0.25, 0.3) is 0 Å². The molecular weight excluding hydrogens is 273 g/mol. The molecule has 2 rings (SSSR count). The van der Waals surface area contributed by atoms with Gasteiger partial charge in [0, 0.05) is 12.6 Å². The third-order valence-corrected chi connectivity index (χ3v) is 3.81. The van der Waals surface area contributed by atoms with Crippen LogP contribution >= 0.6 is 0 Å². The highest BCUT2D eigenvalue weighted by Crippen LogP contribution is 2.30. The van der Waals surface area contributed by atoms with Gasteiger partial charge in [-0.15, -0.1) is 0 Å². The van der Waals surface area contributed by atoms with Gasteiger partial charge in [-0.25, -0.2) is 4.39 Å². The van der Waals surface area contributed by atoms with E-state index >= 15 is 0 Å². The summed E-state index contributed by atoms with van der Waals surface area (Å²) in [5.74, 6) is -0.449. The molecule has 1 aliphatic heterocycles. The second kappa shape index (κ2) is 7.52. The van der Waals surface area contributed by atoms with E-state index in [4.69, 9.17) is 9.47 Å². The van der Waals surface area contributed by atoms with Crippen LogP contribution in [0.2, 0.25) is 0 Å². The number of carbonyl (C=O) groups is 1. The molecule has 1 aromatic rings. The number of nitrogens with zero attached hydrogens (tertiary/aromatic N) is 1. The van der Waals surface area contributed by atoms with Crippen molar-refractivity contribution in [2.75, 3.05) is 26.8 Å². The van der Waals surface area contributed by atoms with Gasteiger partial charge in [-0.3, -0.25) is 9.69 Å². The highest BCUT2D eigenvalue weighted by atomic mass is 19.1. The minimum Gasteiger partial charge on any atom is -0.465 e. The van der Waals surface area contributed by atoms with Crippen LogP contribution in [0.3, 0.4) is 0 Å². The molecule has 0 N–H and O–H groups in total. The van der Waals surface area contributed by atoms with Crippen molar-refractivity contribution in [3.8, 4) is 0 Å². The molecule has 116 valence electrons. The maximum absolute atomic E-state index is 13.0. The molecule has 1 saturated heterocycles. The summed E-state index contributed by atoms with van der Waals surface area (Å²) in [7, 11) is 1.93. The summed E-state index contributed by atoms with van der Waals surface area (Å²) >= 11 is 0. The molecule has 0 saturated carbocycles. The highest BCUT2D eigenvalue weighted by Gasteiger charge is 2.27. The molecule has 4 nitrogen and oxygen atoms in total. The first-order valence-electron chi connectivity index (χ1n) is 7.33. The molecule has 0 spiro atoms. The van der Waals surface area contributed by atoms with Crippen molar-refractivity contribution in [1.29, 1.82) is 0 Å². The summed E-state index contributed by atoms with van der Waals surface area (Å²) in [5, 5.41) is 0. The van der Waals surface area contributed by atoms with Gasteiger partial charge in [0.1, 0.15) is 5.82 Å². The Hall–Kier alpha value is -1.46. The number of likely N-dealkylation sites (N-methyl/N-ethyl adjacent to an activating group) is 1. The monoisotopic (exact) mass is 295 g/mol. The predicted octanol–water partition coefficient (Wildman–Crippen LogP) is 2.54. The third-order valence-electron chi connectivity index (χ3n) is 3.81. The van der Waals surface area contributed by atoms with Crippen molar-refractivity contribution < 1.29 is 18.7 Å². The number of carbonyl (C=O) groups excluding carboxylic acids is 1. The summed E-state index contributed by atoms with van der Waals surface area (Å²) in [6, 6.07) is 6.68. The van der Waals surface area contributed by atoms with Crippen molar-refractivity contribution in [1.82, 2.24) is 4.90 Å². The van der Waals surface area contributed by atoms with E-state index in [0.717, 1.165) is 18.4 Å². The lowest BCUT2D eigenvalue weighted by molar-refractivity contribution is -0.145. The average Bonchev–Trinajstić information content (AvgIpc) is 2.48. The Labute approximate surface area is 124 Å². The number of hydrogen-bond acceptors (Lipinski definition) is 4. The van der Waals surface area contributed by atoms with Crippen LogP contribution in [-0.2, 0) is 14.3 Å². The number of ether oxygens (including phenoxy) is 2. The van der Waals surface area contributed by atoms with Crippen molar-refractivity contribution >= 4 is 5.97 Å². The van der Waals surface area contributed by atoms with Crippen molar-refractivity contribution in [2.45, 2.75) is 31.9 Å². The van der Waals surface area contributed by atoms with E-state index in [1.54, 1.807) is 19.1 Å². The molecule has 2 atom stereocenters. The van der Waals surface area contributed by atoms with Crippen LogP contribution in [0.1, 0.15) is 31.4 Å². The smallest absolute Gasteiger partial charge is 0.320 e. The highest BCUT2D eigenvalue weighted by molar-refractivity contribution is 5.71. The molecule has 0 amide bonds. The zero-order valence-electron chi connectivity index (χ0n) is 12.5. The lowest BCUT2D eigenvalue weighted by atomic mass is 9.96. The van der Waals surface area contributed by atoms with E-state index in [-0.39, 0.29) is 30.5 Å². The van der Waals surface area contributed by atoms with Crippen LogP contribution in [0.5, 0.6) is 0 Å². The first-order valence-corrected chi connectivity index (χ1v) is 7.33. The molecule has 21 heavy (non-hydrogen) atoms. The Balaban J connectivity index is 1.93. The van der Waals surface area contributed by atoms with Crippen LogP contribution in [-0.4, -0.2) is 43.7 Å². The minimum atomic E-state index is -0.245. The molecule has 1 aromatic carbocycles. The summed E-state index contributed by atoms with van der Waals surface area (Å²) in [6.45, 7) is 3.13. The summed E-state index contributed by atoms with van der Waals surface area (Å²) in [5.41, 5.74) is 0.977. The Kier molecular flexibility index (Phi) is 5.70. The third kappa shape index (κ3) is 4.51. The molecule has 1 fully saturated rings. The van der Waals surface area contributed by atoms with Crippen molar-refractivity contribution in [3.63, 3.8) is 0 Å². The topological polar surface area (TPSA) is 38.8 Å². The normalized spacial score (nSPS) is 22.3. The van der Waals surface area contributed by atoms with E-state index in [9.17, 15) is 9.18 Å². The van der Waals surface area contributed by atoms with Crippen LogP contribution in [0.25, 0.3) is 0 Å². The fourth-order valence-electron chi connectivity index (χ4n) is 2.63. The van der Waals surface area contributed by atoms with Gasteiger partial charge < -0.3 is 9.47 Å². The van der Waals surface area contributed by atoms with Gasteiger partial charge in [-0.2, -0.15) is 0 Å². The second-order valence-corrected chi connectivity index (χ2v) is 5.31. The molecule has 1 aliphatic rings. The largest absolute Gasteiger partial charge is 0.465 e. The molecule has 0 bridgehead atoms. The lowest BCUT2D eigenvalue weighted by Gasteiger charge is -2.35. The van der Waals surface area contributed by atoms with Crippen LogP contribution < -0.4 is 0 Å². The fourth-order valence-corrected chi connectivity index (χ4v) is 2.63. The van der Waals surface area contributed by atoms with E-state index in [1.807, 2.05) is 11.9 Å². The van der Waals surface area contributed by atoms with Gasteiger partial charge >= 0.3 is 5.97 Å². The van der Waals surface area contributed by atoms with E-state index in [2.05, 4.69) is 0 Å². The number of rotatable bonds is 5. The van der Waals surface area contributed by atoms with Gasteiger partial charge in [-0.05, 0) is 44.5 Å². The standard InChI is InChI=1S/C16H22FNO3/c1-3-20-16(19)11-18(2)14-8-9-21-15(10-14)12-4-6-13(17)7-5-12/h4-7,14-15H,3,8-11H2,1-2H3/t14-,15+/m1/s1. The fraction of sp³-hybridized carbons (Fsp3) is 0.562. The molecule has 5 heteroatoms. The second-order valence-electron chi connectivity index (χ2n) is 5.31. The Morgan fingerprint density at radius 1 is 1.43 bits per heavy atom. The maximum Gasteiger partial charge on any atom is 0.320 e. The van der Waals surface area contributed by atoms with E-state index in [0.29, 0.717) is 13.2 Å². The first kappa shape index (κ1) is 15.9. The molecule has 0 radical (unpaired) electrons. The number of esters is 1. The zero-order chi connectivity index (χ0) is 15.2. The summed E-state index contributed by atoms with van der Waals surface area (Å²) < 4.78 is 23.7. The predicted molar refractivity (Wildman–Crippen MR) is 77.4 cm³/mol. The van der Waals surface area contributed by atoms with Crippen molar-refractivity contribution in [3.05, 3.63) is 35.6 Å². The van der Waals surface area contributed by atoms with Crippen molar-refractivity contribution in [2.24, 2.45) is 0 Å². The minimum absolute atomic E-state index is 0.0472. The van der Waals surface area contributed by atoms with Crippen LogP contribution in [0, 0.1) is 5.82 Å². The Morgan fingerprint density at radius 3 is 2.81 bits per heavy atom. The maximum atomic E-state index is 13.0. The van der Waals surface area contributed by atoms with E-state index in [1.165, 1.54) is 12.1 Å². The lowest BCUT2D eigenvalue weighted by Crippen LogP contribution is -2.40. The molecule has 0 unspecified atom stereocenters. The van der Waals surface area contributed by atoms with Crippen LogP contribution in [0.4, 0.5) is 4.39 Å². The van der Waals surface area contributed by atoms with Gasteiger partial charge in [-0.1, -0.05) is 12.1 Å². The summed E-state index contributed by atoms with van der Waals surface area (Å²) in [4.78, 5) is 13.6. The Morgan fingerprint density at radius 2 is 2.14 bits per heavy atom. The average molecular weight is 295 g/mol. The summed E-state index contributed by atoms with van der Waals surface area (Å²) in [6.07, 6.45) is 1.63. The number of hydrogen-bond donors (Lipinski definition) is 0. The van der Waals surface area contributed by atoms with Crippen LogP contribution in [0.15, 0.2) is 24.3 Å². The quantitative estimate of drug-likeness (QED) is 0.783. The van der Waals surface area contributed by atoms with E-state index < -0.39 is 0 Å². The first-order chi connectivity index (χ1) is 10.1. The van der Waals surface area contributed by atoms with Gasteiger partial charge in [0.15, 0.2) is 0 Å². The number of halogens is 1. The zero-order valence-corrected chi connectivity index (χ0v) is 12.5. The SMILES string of the molecule is CCOC(=O)CN(C)[C@@H]1CCO[C@H](c2ccc(F)cc2)C1. The molecular formula is C16H22FNO3.